The minimum absolute atomic E-state index is 0.0653. The van der Waals surface area contributed by atoms with Crippen LogP contribution in [0.1, 0.15) is 70.3 Å². The van der Waals surface area contributed by atoms with Crippen molar-refractivity contribution in [1.29, 1.82) is 0 Å². The molecule has 0 bridgehead atoms. The Morgan fingerprint density at radius 2 is 1.81 bits per heavy atom. The summed E-state index contributed by atoms with van der Waals surface area (Å²) in [5, 5.41) is -0.0915. The first-order valence-corrected chi connectivity index (χ1v) is 12.0. The van der Waals surface area contributed by atoms with Gasteiger partial charge in [0.05, 0.1) is 4.90 Å². The van der Waals surface area contributed by atoms with Crippen LogP contribution < -0.4 is 0 Å². The molecule has 0 unspecified atom stereocenters. The molecule has 0 radical (unpaired) electrons. The fourth-order valence-electron chi connectivity index (χ4n) is 5.02. The molecule has 3 rings (SSSR count). The zero-order valence-corrected chi connectivity index (χ0v) is 17.7. The molecule has 1 spiro atoms. The van der Waals surface area contributed by atoms with E-state index in [0.717, 1.165) is 44.1 Å². The molecule has 5 heteroatoms. The van der Waals surface area contributed by atoms with Crippen LogP contribution in [0.25, 0.3) is 0 Å². The van der Waals surface area contributed by atoms with Crippen LogP contribution in [-0.2, 0) is 10.0 Å². The Labute approximate surface area is 164 Å². The number of piperidine rings is 1. The summed E-state index contributed by atoms with van der Waals surface area (Å²) in [7, 11) is -3.52. The molecular weight excluding hydrogens is 366 g/mol. The van der Waals surface area contributed by atoms with Gasteiger partial charge in [-0.05, 0) is 50.2 Å². The summed E-state index contributed by atoms with van der Waals surface area (Å²) >= 11 is 6.65. The van der Waals surface area contributed by atoms with Gasteiger partial charge < -0.3 is 0 Å². The van der Waals surface area contributed by atoms with Gasteiger partial charge in [0.25, 0.3) is 0 Å². The van der Waals surface area contributed by atoms with Crippen molar-refractivity contribution in [3.05, 3.63) is 29.8 Å². The second-order valence-electron chi connectivity index (χ2n) is 8.27. The van der Waals surface area contributed by atoms with Crippen LogP contribution in [0.2, 0.25) is 0 Å². The lowest BCUT2D eigenvalue weighted by Gasteiger charge is -2.53. The average molecular weight is 398 g/mol. The number of unbranched alkanes of at least 4 members (excludes halogenated alkanes) is 1. The maximum atomic E-state index is 13.5. The zero-order chi connectivity index (χ0) is 18.8. The Morgan fingerprint density at radius 3 is 2.42 bits per heavy atom. The molecule has 0 amide bonds. The topological polar surface area (TPSA) is 37.4 Å². The molecule has 0 aromatic heterocycles. The number of hydrogen-bond acceptors (Lipinski definition) is 2. The van der Waals surface area contributed by atoms with Crippen LogP contribution in [0, 0.1) is 12.3 Å². The fourth-order valence-corrected chi connectivity index (χ4v) is 7.35. The molecule has 1 heterocycles. The van der Waals surface area contributed by atoms with Crippen LogP contribution in [0.15, 0.2) is 29.2 Å². The van der Waals surface area contributed by atoms with Gasteiger partial charge in [-0.1, -0.05) is 56.7 Å². The fraction of sp³-hybridized carbons (Fsp3) is 0.714. The molecule has 1 aliphatic heterocycles. The molecule has 2 atom stereocenters. The number of nitrogens with zero attached hydrogens (tertiary/aromatic N) is 1. The Kier molecular flexibility index (Phi) is 6.36. The third kappa shape index (κ3) is 3.98. The van der Waals surface area contributed by atoms with Crippen LogP contribution >= 0.6 is 11.6 Å². The molecule has 0 N–H and O–H groups in total. The number of halogens is 1. The smallest absolute Gasteiger partial charge is 0.207 e. The molecule has 2 fully saturated rings. The highest BCUT2D eigenvalue weighted by Gasteiger charge is 2.50. The van der Waals surface area contributed by atoms with Gasteiger partial charge >= 0.3 is 0 Å². The maximum Gasteiger partial charge on any atom is 0.243 e. The Balaban J connectivity index is 1.99. The predicted octanol–water partition coefficient (Wildman–Crippen LogP) is 5.51. The van der Waals surface area contributed by atoms with E-state index in [1.165, 1.54) is 19.3 Å². The molecule has 146 valence electrons. The summed E-state index contributed by atoms with van der Waals surface area (Å²) in [5.74, 6) is 0. The van der Waals surface area contributed by atoms with Gasteiger partial charge in [-0.2, -0.15) is 4.31 Å². The standard InChI is InChI=1S/C21H32ClNO2S/c1-3-4-8-20-21(13-6-5-7-14-21)15-18(22)16-23(20)26(24,25)19-11-9-17(2)10-12-19/h9-12,18,20H,3-8,13-16H2,1-2H3/t18-,20+/m1/s1. The lowest BCUT2D eigenvalue weighted by Crippen LogP contribution is -2.58. The second-order valence-corrected chi connectivity index (χ2v) is 10.8. The second kappa shape index (κ2) is 8.20. The number of alkyl halides is 1. The first-order chi connectivity index (χ1) is 12.4. The Hall–Kier alpha value is -0.580. The van der Waals surface area contributed by atoms with Gasteiger partial charge in [-0.15, -0.1) is 11.6 Å². The predicted molar refractivity (Wildman–Crippen MR) is 108 cm³/mol. The highest BCUT2D eigenvalue weighted by molar-refractivity contribution is 7.89. The number of sulfonamides is 1. The van der Waals surface area contributed by atoms with Crippen LogP contribution in [0.5, 0.6) is 0 Å². The van der Waals surface area contributed by atoms with Crippen molar-refractivity contribution in [1.82, 2.24) is 4.31 Å². The minimum Gasteiger partial charge on any atom is -0.207 e. The first-order valence-electron chi connectivity index (χ1n) is 10.1. The van der Waals surface area contributed by atoms with E-state index in [1.807, 2.05) is 19.1 Å². The van der Waals surface area contributed by atoms with E-state index >= 15 is 0 Å². The van der Waals surface area contributed by atoms with Crippen LogP contribution in [-0.4, -0.2) is 30.7 Å². The summed E-state index contributed by atoms with van der Waals surface area (Å²) in [6.45, 7) is 4.60. The molecule has 1 saturated heterocycles. The maximum absolute atomic E-state index is 13.5. The monoisotopic (exact) mass is 397 g/mol. The Morgan fingerprint density at radius 1 is 1.15 bits per heavy atom. The van der Waals surface area contributed by atoms with Crippen molar-refractivity contribution in [2.24, 2.45) is 5.41 Å². The van der Waals surface area contributed by atoms with Crippen molar-refractivity contribution in [3.63, 3.8) is 0 Å². The van der Waals surface area contributed by atoms with Crippen molar-refractivity contribution >= 4 is 21.6 Å². The van der Waals surface area contributed by atoms with Gasteiger partial charge in [0.15, 0.2) is 0 Å². The van der Waals surface area contributed by atoms with E-state index in [0.29, 0.717) is 11.4 Å². The quantitative estimate of drug-likeness (QED) is 0.614. The third-order valence-corrected chi connectivity index (χ3v) is 8.55. The minimum atomic E-state index is -3.52. The van der Waals surface area contributed by atoms with Crippen LogP contribution in [0.3, 0.4) is 0 Å². The summed E-state index contributed by atoms with van der Waals surface area (Å²) in [6, 6.07) is 7.34. The molecule has 1 saturated carbocycles. The van der Waals surface area contributed by atoms with E-state index in [1.54, 1.807) is 16.4 Å². The van der Waals surface area contributed by atoms with Gasteiger partial charge in [0.2, 0.25) is 10.0 Å². The first kappa shape index (κ1) is 20.2. The molecule has 2 aliphatic rings. The number of hydrogen-bond donors (Lipinski definition) is 0. The lowest BCUT2D eigenvalue weighted by molar-refractivity contribution is 0.0265. The van der Waals surface area contributed by atoms with Crippen LogP contribution in [0.4, 0.5) is 0 Å². The Bertz CT molecular complexity index is 695. The van der Waals surface area contributed by atoms with Crippen molar-refractivity contribution < 1.29 is 8.42 Å². The molecule has 26 heavy (non-hydrogen) atoms. The third-order valence-electron chi connectivity index (χ3n) is 6.37. The molecule has 1 aromatic carbocycles. The SMILES string of the molecule is CCCC[C@@H]1N(S(=O)(=O)c2ccc(C)cc2)C[C@H](Cl)CC12CCCCC2. The summed E-state index contributed by atoms with van der Waals surface area (Å²) in [5.41, 5.74) is 1.14. The molecule has 3 nitrogen and oxygen atoms in total. The summed E-state index contributed by atoms with van der Waals surface area (Å²) < 4.78 is 28.8. The molecule has 1 aliphatic carbocycles. The molecular formula is C21H32ClNO2S. The van der Waals surface area contributed by atoms with Crippen molar-refractivity contribution in [3.8, 4) is 0 Å². The average Bonchev–Trinajstić information content (AvgIpc) is 2.61. The van der Waals surface area contributed by atoms with E-state index in [9.17, 15) is 8.42 Å². The van der Waals surface area contributed by atoms with Gasteiger partial charge in [-0.3, -0.25) is 0 Å². The van der Waals surface area contributed by atoms with E-state index in [2.05, 4.69) is 6.92 Å². The lowest BCUT2D eigenvalue weighted by atomic mass is 9.63. The summed E-state index contributed by atoms with van der Waals surface area (Å²) in [4.78, 5) is 0.404. The number of aryl methyl sites for hydroxylation is 1. The normalized spacial score (nSPS) is 26.9. The number of rotatable bonds is 5. The molecule has 1 aromatic rings. The van der Waals surface area contributed by atoms with Gasteiger partial charge in [-0.25, -0.2) is 8.42 Å². The zero-order valence-electron chi connectivity index (χ0n) is 16.1. The van der Waals surface area contributed by atoms with Gasteiger partial charge in [0.1, 0.15) is 0 Å². The van der Waals surface area contributed by atoms with E-state index < -0.39 is 10.0 Å². The van der Waals surface area contributed by atoms with Crippen molar-refractivity contribution in [2.45, 2.75) is 87.9 Å². The van der Waals surface area contributed by atoms with E-state index in [-0.39, 0.29) is 16.8 Å². The van der Waals surface area contributed by atoms with Crippen molar-refractivity contribution in [2.75, 3.05) is 6.54 Å². The summed E-state index contributed by atoms with van der Waals surface area (Å²) in [6.07, 6.45) is 9.97. The highest BCUT2D eigenvalue weighted by atomic mass is 35.5. The van der Waals surface area contributed by atoms with Gasteiger partial charge in [0, 0.05) is 18.0 Å². The highest BCUT2D eigenvalue weighted by Crippen LogP contribution is 2.51. The number of benzene rings is 1. The van der Waals surface area contributed by atoms with E-state index in [4.69, 9.17) is 11.6 Å². The largest absolute Gasteiger partial charge is 0.243 e.